The van der Waals surface area contributed by atoms with Gasteiger partial charge in [-0.2, -0.15) is 0 Å². The Hall–Kier alpha value is -1.06. The smallest absolute Gasteiger partial charge is 0.331 e. The van der Waals surface area contributed by atoms with Gasteiger partial charge in [-0.1, -0.05) is 40.0 Å². The first-order valence-corrected chi connectivity index (χ1v) is 6.83. The lowest BCUT2D eigenvalue weighted by Crippen LogP contribution is -2.57. The van der Waals surface area contributed by atoms with Gasteiger partial charge in [0, 0.05) is 5.92 Å². The molecule has 0 radical (unpaired) electrons. The van der Waals surface area contributed by atoms with Gasteiger partial charge in [0.2, 0.25) is 5.91 Å². The average molecular weight is 255 g/mol. The molecule has 0 aliphatic heterocycles. The molecule has 104 valence electrons. The summed E-state index contributed by atoms with van der Waals surface area (Å²) >= 11 is 0. The molecule has 0 saturated heterocycles. The van der Waals surface area contributed by atoms with Crippen LogP contribution in [0.15, 0.2) is 0 Å². The van der Waals surface area contributed by atoms with Crippen molar-refractivity contribution in [1.29, 1.82) is 0 Å². The highest BCUT2D eigenvalue weighted by Crippen LogP contribution is 2.30. The van der Waals surface area contributed by atoms with Crippen molar-refractivity contribution in [1.82, 2.24) is 5.32 Å². The third-order valence-corrected chi connectivity index (χ3v) is 4.06. The molecule has 0 heterocycles. The van der Waals surface area contributed by atoms with E-state index in [4.69, 9.17) is 4.74 Å². The predicted octanol–water partition coefficient (Wildman–Crippen LogP) is 2.27. The largest absolute Gasteiger partial charge is 0.467 e. The van der Waals surface area contributed by atoms with Crippen molar-refractivity contribution in [3.63, 3.8) is 0 Å². The van der Waals surface area contributed by atoms with E-state index in [-0.39, 0.29) is 23.7 Å². The van der Waals surface area contributed by atoms with Gasteiger partial charge < -0.3 is 10.1 Å². The van der Waals surface area contributed by atoms with Crippen LogP contribution in [0, 0.1) is 11.8 Å². The molecule has 1 N–H and O–H groups in total. The molecule has 0 spiro atoms. The molecular weight excluding hydrogens is 230 g/mol. The number of ether oxygens (including phenoxy) is 1. The van der Waals surface area contributed by atoms with Gasteiger partial charge in [0.1, 0.15) is 5.54 Å². The Balaban J connectivity index is 2.79. The van der Waals surface area contributed by atoms with Crippen LogP contribution in [0.5, 0.6) is 0 Å². The van der Waals surface area contributed by atoms with E-state index in [1.165, 1.54) is 7.11 Å². The van der Waals surface area contributed by atoms with Crippen molar-refractivity contribution in [2.75, 3.05) is 7.11 Å². The topological polar surface area (TPSA) is 55.4 Å². The third-order valence-electron chi connectivity index (χ3n) is 4.06. The molecule has 1 atom stereocenters. The fraction of sp³-hybridized carbons (Fsp3) is 0.857. The van der Waals surface area contributed by atoms with Crippen LogP contribution in [0.25, 0.3) is 0 Å². The fourth-order valence-corrected chi connectivity index (χ4v) is 2.38. The van der Waals surface area contributed by atoms with Gasteiger partial charge in [0.05, 0.1) is 7.11 Å². The van der Waals surface area contributed by atoms with Gasteiger partial charge in [0.25, 0.3) is 0 Å². The Labute approximate surface area is 109 Å². The molecule has 1 amide bonds. The first-order valence-electron chi connectivity index (χ1n) is 6.83. The molecule has 0 aromatic carbocycles. The second kappa shape index (κ2) is 6.21. The zero-order valence-corrected chi connectivity index (χ0v) is 11.9. The summed E-state index contributed by atoms with van der Waals surface area (Å²) in [6, 6.07) is 0. The maximum atomic E-state index is 12.2. The van der Waals surface area contributed by atoms with Crippen LogP contribution in [0.4, 0.5) is 0 Å². The minimum absolute atomic E-state index is 0.0442. The van der Waals surface area contributed by atoms with Crippen molar-refractivity contribution >= 4 is 11.9 Å². The molecule has 0 aromatic rings. The number of amides is 1. The predicted molar refractivity (Wildman–Crippen MR) is 70.0 cm³/mol. The number of hydrogen-bond acceptors (Lipinski definition) is 3. The van der Waals surface area contributed by atoms with Crippen LogP contribution in [-0.4, -0.2) is 24.5 Å². The minimum Gasteiger partial charge on any atom is -0.467 e. The van der Waals surface area contributed by atoms with Crippen molar-refractivity contribution in [2.45, 2.75) is 58.4 Å². The van der Waals surface area contributed by atoms with Gasteiger partial charge >= 0.3 is 5.97 Å². The summed E-state index contributed by atoms with van der Waals surface area (Å²) in [5.74, 6) is -0.166. The van der Waals surface area contributed by atoms with E-state index in [0.717, 1.165) is 19.3 Å². The highest BCUT2D eigenvalue weighted by molar-refractivity contribution is 5.89. The first-order chi connectivity index (χ1) is 8.43. The molecule has 4 nitrogen and oxygen atoms in total. The highest BCUT2D eigenvalue weighted by Gasteiger charge is 2.42. The summed E-state index contributed by atoms with van der Waals surface area (Å²) in [7, 11) is 1.39. The lowest BCUT2D eigenvalue weighted by Gasteiger charge is -2.36. The maximum Gasteiger partial charge on any atom is 0.331 e. The second-order valence-corrected chi connectivity index (χ2v) is 5.66. The van der Waals surface area contributed by atoms with Gasteiger partial charge in [-0.05, 0) is 18.8 Å². The number of rotatable bonds is 4. The zero-order chi connectivity index (χ0) is 13.8. The lowest BCUT2D eigenvalue weighted by atomic mass is 9.81. The van der Waals surface area contributed by atoms with E-state index in [9.17, 15) is 9.59 Å². The van der Waals surface area contributed by atoms with Crippen LogP contribution in [0.2, 0.25) is 0 Å². The molecule has 18 heavy (non-hydrogen) atoms. The van der Waals surface area contributed by atoms with Gasteiger partial charge in [-0.15, -0.1) is 0 Å². The van der Waals surface area contributed by atoms with Crippen LogP contribution in [0.1, 0.15) is 52.9 Å². The number of methoxy groups -OCH3 is 1. The van der Waals surface area contributed by atoms with Crippen LogP contribution >= 0.6 is 0 Å². The Morgan fingerprint density at radius 1 is 1.11 bits per heavy atom. The molecule has 0 aromatic heterocycles. The molecule has 1 rings (SSSR count). The zero-order valence-electron chi connectivity index (χ0n) is 11.9. The molecule has 4 heteroatoms. The molecule has 1 aliphatic carbocycles. The maximum absolute atomic E-state index is 12.2. The Kier molecular flexibility index (Phi) is 5.17. The van der Waals surface area contributed by atoms with E-state index in [1.54, 1.807) is 0 Å². The number of nitrogens with one attached hydrogen (secondary N) is 1. The summed E-state index contributed by atoms with van der Waals surface area (Å²) in [6.45, 7) is 5.92. The Morgan fingerprint density at radius 3 is 2.11 bits per heavy atom. The van der Waals surface area contributed by atoms with Crippen LogP contribution in [-0.2, 0) is 14.3 Å². The monoisotopic (exact) mass is 255 g/mol. The highest BCUT2D eigenvalue weighted by atomic mass is 16.5. The summed E-state index contributed by atoms with van der Waals surface area (Å²) in [4.78, 5) is 24.1. The lowest BCUT2D eigenvalue weighted by molar-refractivity contribution is -0.153. The first kappa shape index (κ1) is 15.0. The normalized spacial score (nSPS) is 20.3. The third kappa shape index (κ3) is 3.24. The molecule has 1 aliphatic rings. The summed E-state index contributed by atoms with van der Waals surface area (Å²) in [5.41, 5.74) is -0.784. The van der Waals surface area contributed by atoms with Crippen molar-refractivity contribution in [3.05, 3.63) is 0 Å². The number of carbonyl (C=O) groups excluding carboxylic acids is 2. The SMILES string of the molecule is COC(=O)C1(NC(=O)[C@H](C)C(C)C)CCCCC1. The van der Waals surface area contributed by atoms with Gasteiger partial charge in [-0.25, -0.2) is 4.79 Å². The molecular formula is C14H25NO3. The van der Waals surface area contributed by atoms with Crippen molar-refractivity contribution in [3.8, 4) is 0 Å². The number of hydrogen-bond donors (Lipinski definition) is 1. The van der Waals surface area contributed by atoms with Gasteiger partial charge in [-0.3, -0.25) is 4.79 Å². The van der Waals surface area contributed by atoms with Crippen LogP contribution < -0.4 is 5.32 Å². The Morgan fingerprint density at radius 2 is 1.67 bits per heavy atom. The van der Waals surface area contributed by atoms with E-state index in [0.29, 0.717) is 12.8 Å². The van der Waals surface area contributed by atoms with Crippen LogP contribution in [0.3, 0.4) is 0 Å². The number of esters is 1. The standard InChI is InChI=1S/C14H25NO3/c1-10(2)11(3)12(16)15-14(13(17)18-4)8-6-5-7-9-14/h10-11H,5-9H2,1-4H3,(H,15,16)/t11-/m1/s1. The number of carbonyl (C=O) groups is 2. The van der Waals surface area contributed by atoms with E-state index in [2.05, 4.69) is 5.32 Å². The molecule has 1 saturated carbocycles. The molecule has 1 fully saturated rings. The molecule has 0 bridgehead atoms. The van der Waals surface area contributed by atoms with E-state index >= 15 is 0 Å². The summed E-state index contributed by atoms with van der Waals surface area (Å²) in [6.07, 6.45) is 4.43. The average Bonchev–Trinajstić information content (AvgIpc) is 2.37. The fourth-order valence-electron chi connectivity index (χ4n) is 2.38. The minimum atomic E-state index is -0.784. The summed E-state index contributed by atoms with van der Waals surface area (Å²) < 4.78 is 4.88. The van der Waals surface area contributed by atoms with Crippen molar-refractivity contribution in [2.24, 2.45) is 11.8 Å². The van der Waals surface area contributed by atoms with Crippen molar-refractivity contribution < 1.29 is 14.3 Å². The Bertz CT molecular complexity index is 306. The molecule has 0 unspecified atom stereocenters. The quantitative estimate of drug-likeness (QED) is 0.784. The summed E-state index contributed by atoms with van der Waals surface area (Å²) in [5, 5.41) is 2.95. The van der Waals surface area contributed by atoms with Gasteiger partial charge in [0.15, 0.2) is 0 Å². The van der Waals surface area contributed by atoms with E-state index < -0.39 is 5.54 Å². The van der Waals surface area contributed by atoms with E-state index in [1.807, 2.05) is 20.8 Å². The second-order valence-electron chi connectivity index (χ2n) is 5.66.